The molecule has 0 aliphatic carbocycles. The van der Waals surface area contributed by atoms with Gasteiger partial charge in [0.2, 0.25) is 0 Å². The van der Waals surface area contributed by atoms with Crippen LogP contribution in [0.5, 0.6) is 0 Å². The van der Waals surface area contributed by atoms with E-state index in [0.29, 0.717) is 40.2 Å². The van der Waals surface area contributed by atoms with Gasteiger partial charge < -0.3 is 4.42 Å². The second-order valence-electron chi connectivity index (χ2n) is 13.6. The van der Waals surface area contributed by atoms with E-state index in [0.717, 1.165) is 70.1 Å². The van der Waals surface area contributed by atoms with Gasteiger partial charge in [-0.15, -0.1) is 11.3 Å². The molecule has 0 saturated heterocycles. The van der Waals surface area contributed by atoms with Gasteiger partial charge in [-0.3, -0.25) is 0 Å². The molecule has 0 aliphatic rings. The third kappa shape index (κ3) is 6.22. The lowest BCUT2D eigenvalue weighted by molar-refractivity contribution is 0.669. The van der Waals surface area contributed by atoms with E-state index in [4.69, 9.17) is 35.9 Å². The number of hydrogen-bond acceptors (Lipinski definition) is 7. The van der Waals surface area contributed by atoms with Gasteiger partial charge in [-0.2, -0.15) is 0 Å². The monoisotopic (exact) mass is 762 g/mol. The van der Waals surface area contributed by atoms with Crippen molar-refractivity contribution in [3.63, 3.8) is 0 Å². The fourth-order valence-electron chi connectivity index (χ4n) is 7.23. The Labute approximate surface area is 337 Å². The summed E-state index contributed by atoms with van der Waals surface area (Å²) in [6.45, 7) is 11.1. The fraction of sp³-hybridized carbons (Fsp3) is 0. The molecule has 4 heterocycles. The molecular weight excluding hydrogens is 733 g/mol. The predicted octanol–water partition coefficient (Wildman–Crippen LogP) is 13.6. The van der Waals surface area contributed by atoms with Crippen LogP contribution in [0.1, 0.15) is 5.69 Å². The highest BCUT2D eigenvalue weighted by atomic mass is 32.1. The van der Waals surface area contributed by atoms with Gasteiger partial charge in [0.05, 0.1) is 28.0 Å². The minimum atomic E-state index is 0.531. The third-order valence-electron chi connectivity index (χ3n) is 10.0. The van der Waals surface area contributed by atoms with Gasteiger partial charge in [0.1, 0.15) is 11.2 Å². The SMILES string of the molecule is [C-]#[N+]c1ccc(-c2ccc(-c3nc(-c4ccccc4)nc(-c4cccc5oc6c(-c7nc(/C=C/C=C\C=C)c8sc9ccccc9c8n7)cccc6c45)n3)cc2)cc1. The first-order valence-electron chi connectivity index (χ1n) is 18.6. The summed E-state index contributed by atoms with van der Waals surface area (Å²) < 4.78 is 8.91. The maximum absolute atomic E-state index is 7.29. The van der Waals surface area contributed by atoms with Crippen molar-refractivity contribution in [3.05, 3.63) is 188 Å². The molecule has 0 unspecified atom stereocenters. The summed E-state index contributed by atoms with van der Waals surface area (Å²) in [5, 5.41) is 2.89. The highest BCUT2D eigenvalue weighted by molar-refractivity contribution is 7.26. The molecule has 8 heteroatoms. The van der Waals surface area contributed by atoms with E-state index in [9.17, 15) is 0 Å². The molecule has 6 aromatic carbocycles. The normalized spacial score (nSPS) is 11.7. The van der Waals surface area contributed by atoms with Crippen molar-refractivity contribution in [2.45, 2.75) is 0 Å². The summed E-state index contributed by atoms with van der Waals surface area (Å²) in [6.07, 6.45) is 9.58. The minimum absolute atomic E-state index is 0.531. The Hall–Kier alpha value is -7.86. The van der Waals surface area contributed by atoms with E-state index in [1.165, 1.54) is 0 Å². The lowest BCUT2D eigenvalue weighted by Crippen LogP contribution is -2.00. The zero-order valence-electron chi connectivity index (χ0n) is 30.9. The Kier molecular flexibility index (Phi) is 8.75. The predicted molar refractivity (Wildman–Crippen MR) is 237 cm³/mol. The van der Waals surface area contributed by atoms with Crippen molar-refractivity contribution in [1.29, 1.82) is 0 Å². The Morgan fingerprint density at radius 2 is 1.19 bits per heavy atom. The van der Waals surface area contributed by atoms with Gasteiger partial charge in [-0.05, 0) is 35.4 Å². The average molecular weight is 763 g/mol. The van der Waals surface area contributed by atoms with Crippen molar-refractivity contribution >= 4 is 65.3 Å². The number of thiophene rings is 1. The van der Waals surface area contributed by atoms with Crippen LogP contribution >= 0.6 is 11.3 Å². The Morgan fingerprint density at radius 1 is 0.552 bits per heavy atom. The van der Waals surface area contributed by atoms with E-state index >= 15 is 0 Å². The molecule has 58 heavy (non-hydrogen) atoms. The first-order valence-corrected chi connectivity index (χ1v) is 19.5. The van der Waals surface area contributed by atoms with Crippen LogP contribution in [0.15, 0.2) is 175 Å². The number of rotatable bonds is 8. The van der Waals surface area contributed by atoms with E-state index in [1.807, 2.05) is 127 Å². The van der Waals surface area contributed by atoms with Crippen LogP contribution in [0.3, 0.4) is 0 Å². The summed E-state index contributed by atoms with van der Waals surface area (Å²) in [6, 6.07) is 46.1. The molecule has 0 radical (unpaired) electrons. The molecular formula is C50H30N6OS. The molecule has 4 aromatic heterocycles. The number of furan rings is 1. The summed E-state index contributed by atoms with van der Waals surface area (Å²) in [7, 11) is 0. The van der Waals surface area contributed by atoms with Gasteiger partial charge in [-0.25, -0.2) is 29.8 Å². The zero-order valence-corrected chi connectivity index (χ0v) is 31.7. The smallest absolute Gasteiger partial charge is 0.187 e. The van der Waals surface area contributed by atoms with E-state index in [-0.39, 0.29) is 0 Å². The Bertz CT molecular complexity index is 3300. The first kappa shape index (κ1) is 34.6. The lowest BCUT2D eigenvalue weighted by Gasteiger charge is -2.10. The molecule has 0 spiro atoms. The van der Waals surface area contributed by atoms with Gasteiger partial charge >= 0.3 is 0 Å². The maximum atomic E-state index is 7.29. The topological polar surface area (TPSA) is 82.0 Å². The molecule has 0 bridgehead atoms. The molecule has 0 saturated carbocycles. The van der Waals surface area contributed by atoms with Crippen molar-refractivity contribution in [2.75, 3.05) is 0 Å². The van der Waals surface area contributed by atoms with Gasteiger partial charge in [-0.1, -0.05) is 152 Å². The number of aromatic nitrogens is 5. The highest BCUT2D eigenvalue weighted by Crippen LogP contribution is 2.42. The highest BCUT2D eigenvalue weighted by Gasteiger charge is 2.22. The molecule has 10 rings (SSSR count). The molecule has 10 aromatic rings. The van der Waals surface area contributed by atoms with Crippen LogP contribution in [0.4, 0.5) is 5.69 Å². The van der Waals surface area contributed by atoms with E-state index in [1.54, 1.807) is 17.4 Å². The Balaban J connectivity index is 1.13. The summed E-state index contributed by atoms with van der Waals surface area (Å²) >= 11 is 1.69. The molecule has 0 N–H and O–H groups in total. The molecule has 0 atom stereocenters. The average Bonchev–Trinajstić information content (AvgIpc) is 3.87. The zero-order chi connectivity index (χ0) is 39.0. The molecule has 7 nitrogen and oxygen atoms in total. The lowest BCUT2D eigenvalue weighted by atomic mass is 10.0. The standard InChI is InChI=1S/C50H30N6OS/c1-3-4-5-9-20-40-46-44(36-16-10-11-22-42(36)58-46)53-50(52-40)39-19-12-17-37-43-38(18-13-21-41(43)57-45(37)39)49-55-47(33-14-7-6-8-15-33)54-48(56-49)34-25-23-31(24-26-34)32-27-29-35(51-2)30-28-32/h3-30H,1H2/b5-4-,20-9+. The molecule has 0 aliphatic heterocycles. The van der Waals surface area contributed by atoms with Crippen molar-refractivity contribution in [1.82, 2.24) is 24.9 Å². The number of allylic oxidation sites excluding steroid dienone is 4. The van der Waals surface area contributed by atoms with Gasteiger partial charge in [0, 0.05) is 37.5 Å². The number of benzene rings is 6. The van der Waals surface area contributed by atoms with E-state index < -0.39 is 0 Å². The van der Waals surface area contributed by atoms with Crippen molar-refractivity contribution < 1.29 is 4.42 Å². The first-order chi connectivity index (χ1) is 28.6. The summed E-state index contributed by atoms with van der Waals surface area (Å²) in [5.74, 6) is 2.23. The molecule has 0 amide bonds. The summed E-state index contributed by atoms with van der Waals surface area (Å²) in [5.41, 5.74) is 9.15. The second kappa shape index (κ2) is 14.7. The van der Waals surface area contributed by atoms with Crippen LogP contribution in [0.2, 0.25) is 0 Å². The van der Waals surface area contributed by atoms with Gasteiger partial charge in [0.15, 0.2) is 29.0 Å². The maximum Gasteiger partial charge on any atom is 0.187 e. The van der Waals surface area contributed by atoms with Gasteiger partial charge in [0.25, 0.3) is 0 Å². The summed E-state index contributed by atoms with van der Waals surface area (Å²) in [4.78, 5) is 29.0. The van der Waals surface area contributed by atoms with Crippen molar-refractivity contribution in [2.24, 2.45) is 0 Å². The van der Waals surface area contributed by atoms with Crippen LogP contribution in [-0.4, -0.2) is 24.9 Å². The third-order valence-corrected chi connectivity index (χ3v) is 11.2. The number of hydrogen-bond donors (Lipinski definition) is 0. The Morgan fingerprint density at radius 3 is 1.97 bits per heavy atom. The molecule has 0 fully saturated rings. The van der Waals surface area contributed by atoms with Crippen LogP contribution in [0.25, 0.3) is 110 Å². The van der Waals surface area contributed by atoms with Crippen LogP contribution in [0, 0.1) is 6.57 Å². The van der Waals surface area contributed by atoms with E-state index in [2.05, 4.69) is 47.8 Å². The second-order valence-corrected chi connectivity index (χ2v) is 14.6. The number of fused-ring (bicyclic) bond motifs is 6. The van der Waals surface area contributed by atoms with Crippen LogP contribution in [-0.2, 0) is 0 Å². The number of nitrogens with zero attached hydrogens (tertiary/aromatic N) is 6. The quantitative estimate of drug-likeness (QED) is 0.113. The largest absolute Gasteiger partial charge is 0.455 e. The van der Waals surface area contributed by atoms with Crippen LogP contribution < -0.4 is 0 Å². The van der Waals surface area contributed by atoms with Crippen molar-refractivity contribution in [3.8, 4) is 56.7 Å². The minimum Gasteiger partial charge on any atom is -0.455 e. The molecule has 272 valence electrons. The fourth-order valence-corrected chi connectivity index (χ4v) is 8.34. The number of para-hydroxylation sites is 1.